The summed E-state index contributed by atoms with van der Waals surface area (Å²) in [4.78, 5) is 18.2. The average Bonchev–Trinajstić information content (AvgIpc) is 3.46. The SMILES string of the molecule is CCn1c(NC(=O)c2cn(-c3ccccc3)nc2-c2ccccc2OC)nc2ccccc21. The number of anilines is 1. The Hall–Kier alpha value is -4.39. The van der Waals surface area contributed by atoms with Crippen LogP contribution in [-0.2, 0) is 6.54 Å². The third-order valence-electron chi connectivity index (χ3n) is 5.54. The van der Waals surface area contributed by atoms with E-state index in [9.17, 15) is 4.79 Å². The molecule has 2 heterocycles. The van der Waals surface area contributed by atoms with E-state index in [1.165, 1.54) is 0 Å². The Morgan fingerprint density at radius 3 is 2.48 bits per heavy atom. The number of amides is 1. The van der Waals surface area contributed by atoms with Crippen molar-refractivity contribution in [2.75, 3.05) is 12.4 Å². The molecule has 0 radical (unpaired) electrons. The number of nitrogens with one attached hydrogen (secondary N) is 1. The molecular formula is C26H23N5O2. The first-order valence-electron chi connectivity index (χ1n) is 10.7. The Bertz CT molecular complexity index is 1440. The van der Waals surface area contributed by atoms with Crippen molar-refractivity contribution in [2.24, 2.45) is 0 Å². The molecule has 0 saturated heterocycles. The van der Waals surface area contributed by atoms with Crippen molar-refractivity contribution in [2.45, 2.75) is 13.5 Å². The molecule has 0 aliphatic heterocycles. The number of benzene rings is 3. The lowest BCUT2D eigenvalue weighted by Gasteiger charge is -2.09. The molecule has 0 bridgehead atoms. The predicted octanol–water partition coefficient (Wildman–Crippen LogP) is 5.17. The molecule has 0 atom stereocenters. The monoisotopic (exact) mass is 437 g/mol. The van der Waals surface area contributed by atoms with Gasteiger partial charge in [0.15, 0.2) is 0 Å². The first-order chi connectivity index (χ1) is 16.2. The lowest BCUT2D eigenvalue weighted by Crippen LogP contribution is -2.16. The summed E-state index contributed by atoms with van der Waals surface area (Å²) >= 11 is 0. The number of para-hydroxylation sites is 4. The zero-order valence-electron chi connectivity index (χ0n) is 18.4. The molecule has 0 unspecified atom stereocenters. The third kappa shape index (κ3) is 3.74. The van der Waals surface area contributed by atoms with Crippen LogP contribution in [0.15, 0.2) is 85.1 Å². The van der Waals surface area contributed by atoms with Crippen LogP contribution in [0.3, 0.4) is 0 Å². The summed E-state index contributed by atoms with van der Waals surface area (Å²) in [6, 6.07) is 25.1. The lowest BCUT2D eigenvalue weighted by molar-refractivity contribution is 0.102. The molecule has 7 heteroatoms. The van der Waals surface area contributed by atoms with Gasteiger partial charge in [-0.25, -0.2) is 9.67 Å². The molecule has 0 spiro atoms. The first kappa shape index (κ1) is 20.5. The van der Waals surface area contributed by atoms with E-state index in [0.717, 1.165) is 22.3 Å². The average molecular weight is 438 g/mol. The molecule has 0 aliphatic carbocycles. The highest BCUT2D eigenvalue weighted by atomic mass is 16.5. The van der Waals surface area contributed by atoms with Gasteiger partial charge in [-0.15, -0.1) is 0 Å². The fraction of sp³-hybridized carbons (Fsp3) is 0.115. The van der Waals surface area contributed by atoms with Crippen molar-refractivity contribution < 1.29 is 9.53 Å². The summed E-state index contributed by atoms with van der Waals surface area (Å²) in [5.74, 6) is 0.857. The topological polar surface area (TPSA) is 74.0 Å². The van der Waals surface area contributed by atoms with Crippen molar-refractivity contribution in [3.05, 3.63) is 90.6 Å². The maximum absolute atomic E-state index is 13.5. The normalized spacial score (nSPS) is 11.0. The molecule has 33 heavy (non-hydrogen) atoms. The number of aryl methyl sites for hydroxylation is 1. The lowest BCUT2D eigenvalue weighted by atomic mass is 10.1. The van der Waals surface area contributed by atoms with Crippen LogP contribution in [0.4, 0.5) is 5.95 Å². The van der Waals surface area contributed by atoms with Crippen molar-refractivity contribution in [3.8, 4) is 22.7 Å². The number of methoxy groups -OCH3 is 1. The van der Waals surface area contributed by atoms with Crippen LogP contribution in [-0.4, -0.2) is 32.3 Å². The number of fused-ring (bicyclic) bond motifs is 1. The molecular weight excluding hydrogens is 414 g/mol. The van der Waals surface area contributed by atoms with Gasteiger partial charge in [0.2, 0.25) is 5.95 Å². The van der Waals surface area contributed by atoms with E-state index in [2.05, 4.69) is 10.3 Å². The van der Waals surface area contributed by atoms with Crippen LogP contribution in [0.5, 0.6) is 5.75 Å². The molecule has 1 N–H and O–H groups in total. The van der Waals surface area contributed by atoms with Crippen LogP contribution in [0.1, 0.15) is 17.3 Å². The van der Waals surface area contributed by atoms with Gasteiger partial charge in [0.25, 0.3) is 5.91 Å². The van der Waals surface area contributed by atoms with Gasteiger partial charge in [-0.05, 0) is 43.3 Å². The van der Waals surface area contributed by atoms with Crippen molar-refractivity contribution in [1.82, 2.24) is 19.3 Å². The van der Waals surface area contributed by atoms with E-state index < -0.39 is 0 Å². The molecule has 5 rings (SSSR count). The minimum atomic E-state index is -0.289. The number of carbonyl (C=O) groups is 1. The number of rotatable bonds is 6. The summed E-state index contributed by atoms with van der Waals surface area (Å²) in [6.07, 6.45) is 1.74. The number of ether oxygens (including phenoxy) is 1. The van der Waals surface area contributed by atoms with Gasteiger partial charge < -0.3 is 9.30 Å². The van der Waals surface area contributed by atoms with Crippen molar-refractivity contribution in [3.63, 3.8) is 0 Å². The van der Waals surface area contributed by atoms with Gasteiger partial charge in [0.05, 0.1) is 29.4 Å². The van der Waals surface area contributed by atoms with E-state index in [0.29, 0.717) is 29.5 Å². The smallest absolute Gasteiger partial charge is 0.261 e. The molecule has 7 nitrogen and oxygen atoms in total. The highest BCUT2D eigenvalue weighted by Crippen LogP contribution is 2.32. The van der Waals surface area contributed by atoms with Crippen molar-refractivity contribution in [1.29, 1.82) is 0 Å². The summed E-state index contributed by atoms with van der Waals surface area (Å²) in [6.45, 7) is 2.70. The summed E-state index contributed by atoms with van der Waals surface area (Å²) in [5, 5.41) is 7.75. The first-order valence-corrected chi connectivity index (χ1v) is 10.7. The highest BCUT2D eigenvalue weighted by Gasteiger charge is 2.23. The zero-order valence-corrected chi connectivity index (χ0v) is 18.4. The number of imidazole rings is 1. The molecule has 1 amide bonds. The second-order valence-corrected chi connectivity index (χ2v) is 7.49. The molecule has 0 aliphatic rings. The maximum Gasteiger partial charge on any atom is 0.261 e. The summed E-state index contributed by atoms with van der Waals surface area (Å²) < 4.78 is 9.24. The van der Waals surface area contributed by atoms with Gasteiger partial charge in [-0.2, -0.15) is 5.10 Å². The van der Waals surface area contributed by atoms with Crippen LogP contribution >= 0.6 is 0 Å². The predicted molar refractivity (Wildman–Crippen MR) is 129 cm³/mol. The second kappa shape index (κ2) is 8.63. The maximum atomic E-state index is 13.5. The Balaban J connectivity index is 1.61. The van der Waals surface area contributed by atoms with Gasteiger partial charge in [-0.3, -0.25) is 10.1 Å². The quantitative estimate of drug-likeness (QED) is 0.398. The van der Waals surface area contributed by atoms with E-state index >= 15 is 0 Å². The Morgan fingerprint density at radius 2 is 1.70 bits per heavy atom. The van der Waals surface area contributed by atoms with E-state index in [1.54, 1.807) is 18.0 Å². The molecule has 5 aromatic rings. The number of aromatic nitrogens is 4. The van der Waals surface area contributed by atoms with Gasteiger partial charge in [0, 0.05) is 18.3 Å². The van der Waals surface area contributed by atoms with Crippen LogP contribution < -0.4 is 10.1 Å². The van der Waals surface area contributed by atoms with E-state index in [4.69, 9.17) is 9.84 Å². The number of hydrogen-bond donors (Lipinski definition) is 1. The molecule has 3 aromatic carbocycles. The second-order valence-electron chi connectivity index (χ2n) is 7.49. The largest absolute Gasteiger partial charge is 0.496 e. The van der Waals surface area contributed by atoms with E-state index in [-0.39, 0.29) is 5.91 Å². The summed E-state index contributed by atoms with van der Waals surface area (Å²) in [5.41, 5.74) is 4.36. The van der Waals surface area contributed by atoms with Crippen LogP contribution in [0.2, 0.25) is 0 Å². The standard InChI is InChI=1S/C26H23N5O2/c1-3-30-22-15-9-8-14-21(22)27-26(30)28-25(32)20-17-31(18-11-5-4-6-12-18)29-24(20)19-13-7-10-16-23(19)33-2/h4-17H,3H2,1-2H3,(H,27,28,32). The molecule has 0 saturated carbocycles. The number of nitrogens with zero attached hydrogens (tertiary/aromatic N) is 4. The fourth-order valence-corrected chi connectivity index (χ4v) is 3.95. The van der Waals surface area contributed by atoms with Gasteiger partial charge in [0.1, 0.15) is 11.4 Å². The Labute approximate surface area is 191 Å². The van der Waals surface area contributed by atoms with Gasteiger partial charge >= 0.3 is 0 Å². The van der Waals surface area contributed by atoms with Crippen molar-refractivity contribution >= 4 is 22.9 Å². The van der Waals surface area contributed by atoms with E-state index in [1.807, 2.05) is 90.4 Å². The van der Waals surface area contributed by atoms with Crippen LogP contribution in [0.25, 0.3) is 28.0 Å². The Kier molecular flexibility index (Phi) is 5.36. The fourth-order valence-electron chi connectivity index (χ4n) is 3.95. The summed E-state index contributed by atoms with van der Waals surface area (Å²) in [7, 11) is 1.61. The van der Waals surface area contributed by atoms with Crippen LogP contribution in [0, 0.1) is 0 Å². The zero-order chi connectivity index (χ0) is 22.8. The molecule has 0 fully saturated rings. The minimum Gasteiger partial charge on any atom is -0.496 e. The Morgan fingerprint density at radius 1 is 0.970 bits per heavy atom. The molecule has 164 valence electrons. The minimum absolute atomic E-state index is 0.289. The molecule has 2 aromatic heterocycles. The third-order valence-corrected chi connectivity index (χ3v) is 5.54. The number of hydrogen-bond acceptors (Lipinski definition) is 4. The number of carbonyl (C=O) groups excluding carboxylic acids is 1. The van der Waals surface area contributed by atoms with Gasteiger partial charge in [-0.1, -0.05) is 42.5 Å². The highest BCUT2D eigenvalue weighted by molar-refractivity contribution is 6.08.